The minimum atomic E-state index is -0.791. The molecule has 2 fully saturated rings. The smallest absolute Gasteiger partial charge is 0.230 e. The fourth-order valence-corrected chi connectivity index (χ4v) is 3.03. The molecular formula is C15H17F2NO. The van der Waals surface area contributed by atoms with Crippen molar-refractivity contribution in [1.29, 1.82) is 0 Å². The van der Waals surface area contributed by atoms with Crippen LogP contribution in [-0.4, -0.2) is 11.9 Å². The normalized spacial score (nSPS) is 21.4. The Kier molecular flexibility index (Phi) is 3.03. The van der Waals surface area contributed by atoms with Crippen molar-refractivity contribution < 1.29 is 13.6 Å². The number of nitrogens with one attached hydrogen (secondary N) is 1. The molecule has 0 aromatic heterocycles. The number of amides is 1. The topological polar surface area (TPSA) is 29.1 Å². The second-order valence-electron chi connectivity index (χ2n) is 5.66. The number of benzene rings is 1. The van der Waals surface area contributed by atoms with Crippen LogP contribution in [0.5, 0.6) is 0 Å². The van der Waals surface area contributed by atoms with E-state index in [0.29, 0.717) is 18.4 Å². The van der Waals surface area contributed by atoms with E-state index in [-0.39, 0.29) is 11.9 Å². The van der Waals surface area contributed by atoms with E-state index in [9.17, 15) is 13.6 Å². The number of hydrogen-bond donors (Lipinski definition) is 1. The third kappa shape index (κ3) is 2.24. The van der Waals surface area contributed by atoms with Crippen molar-refractivity contribution in [2.45, 2.75) is 50.0 Å². The summed E-state index contributed by atoms with van der Waals surface area (Å²) in [6, 6.07) is 3.80. The van der Waals surface area contributed by atoms with Gasteiger partial charge in [0.05, 0.1) is 5.41 Å². The van der Waals surface area contributed by atoms with Gasteiger partial charge in [0.15, 0.2) is 0 Å². The first kappa shape index (κ1) is 12.6. The molecule has 2 saturated carbocycles. The van der Waals surface area contributed by atoms with Gasteiger partial charge < -0.3 is 5.32 Å². The molecule has 0 radical (unpaired) electrons. The third-order valence-corrected chi connectivity index (χ3v) is 4.25. The van der Waals surface area contributed by atoms with E-state index in [4.69, 9.17) is 0 Å². The summed E-state index contributed by atoms with van der Waals surface area (Å²) < 4.78 is 27.1. The van der Waals surface area contributed by atoms with Gasteiger partial charge in [0.25, 0.3) is 0 Å². The first-order chi connectivity index (χ1) is 9.12. The van der Waals surface area contributed by atoms with Crippen molar-refractivity contribution >= 4 is 5.91 Å². The molecule has 0 saturated heterocycles. The van der Waals surface area contributed by atoms with Gasteiger partial charge in [0.2, 0.25) is 5.91 Å². The lowest BCUT2D eigenvalue weighted by atomic mass is 9.77. The summed E-state index contributed by atoms with van der Waals surface area (Å²) in [5, 5.41) is 2.98. The second kappa shape index (κ2) is 4.58. The quantitative estimate of drug-likeness (QED) is 0.894. The van der Waals surface area contributed by atoms with Crippen LogP contribution in [0.2, 0.25) is 0 Å². The van der Waals surface area contributed by atoms with E-state index < -0.39 is 17.0 Å². The molecule has 0 unspecified atom stereocenters. The lowest BCUT2D eigenvalue weighted by Gasteiger charge is -2.28. The molecule has 0 spiro atoms. The van der Waals surface area contributed by atoms with Crippen LogP contribution in [0.15, 0.2) is 18.2 Å². The van der Waals surface area contributed by atoms with Gasteiger partial charge in [-0.15, -0.1) is 0 Å². The largest absolute Gasteiger partial charge is 0.353 e. The van der Waals surface area contributed by atoms with Gasteiger partial charge in [-0.3, -0.25) is 4.79 Å². The van der Waals surface area contributed by atoms with E-state index in [2.05, 4.69) is 5.32 Å². The van der Waals surface area contributed by atoms with Crippen molar-refractivity contribution in [2.24, 2.45) is 0 Å². The summed E-state index contributed by atoms with van der Waals surface area (Å²) in [6.07, 6.45) is 5.13. The van der Waals surface area contributed by atoms with Crippen LogP contribution in [0.3, 0.4) is 0 Å². The minimum Gasteiger partial charge on any atom is -0.353 e. The molecule has 102 valence electrons. The highest BCUT2D eigenvalue weighted by molar-refractivity contribution is 5.89. The zero-order valence-corrected chi connectivity index (χ0v) is 10.7. The van der Waals surface area contributed by atoms with Crippen molar-refractivity contribution in [3.63, 3.8) is 0 Å². The number of halogens is 2. The van der Waals surface area contributed by atoms with E-state index in [0.717, 1.165) is 31.7 Å². The summed E-state index contributed by atoms with van der Waals surface area (Å²) >= 11 is 0. The lowest BCUT2D eigenvalue weighted by Crippen LogP contribution is -2.44. The molecule has 2 aliphatic rings. The van der Waals surface area contributed by atoms with E-state index >= 15 is 0 Å². The van der Waals surface area contributed by atoms with Crippen molar-refractivity contribution in [2.75, 3.05) is 0 Å². The first-order valence-corrected chi connectivity index (χ1v) is 6.88. The van der Waals surface area contributed by atoms with Crippen LogP contribution >= 0.6 is 0 Å². The average Bonchev–Trinajstić information content (AvgIpc) is 3.04. The number of carbonyl (C=O) groups excluding carboxylic acids is 1. The number of rotatable bonds is 3. The Morgan fingerprint density at radius 2 is 1.89 bits per heavy atom. The van der Waals surface area contributed by atoms with Crippen LogP contribution in [0.25, 0.3) is 0 Å². The van der Waals surface area contributed by atoms with Gasteiger partial charge in [-0.25, -0.2) is 8.78 Å². The van der Waals surface area contributed by atoms with Gasteiger partial charge in [-0.1, -0.05) is 18.9 Å². The number of hydrogen-bond acceptors (Lipinski definition) is 1. The number of carbonyl (C=O) groups is 1. The van der Waals surface area contributed by atoms with E-state index in [1.165, 1.54) is 12.1 Å². The Morgan fingerprint density at radius 1 is 1.21 bits per heavy atom. The Labute approximate surface area is 111 Å². The molecule has 1 N–H and O–H groups in total. The van der Waals surface area contributed by atoms with Gasteiger partial charge in [0, 0.05) is 17.7 Å². The molecule has 1 amide bonds. The predicted octanol–water partition coefficient (Wildman–Crippen LogP) is 3.06. The van der Waals surface area contributed by atoms with Crippen LogP contribution < -0.4 is 5.32 Å². The Balaban J connectivity index is 1.96. The van der Waals surface area contributed by atoms with Gasteiger partial charge in [0.1, 0.15) is 11.6 Å². The van der Waals surface area contributed by atoms with Crippen LogP contribution in [0, 0.1) is 11.6 Å². The predicted molar refractivity (Wildman–Crippen MR) is 67.7 cm³/mol. The summed E-state index contributed by atoms with van der Waals surface area (Å²) in [5.74, 6) is -1.29. The highest BCUT2D eigenvalue weighted by atomic mass is 19.1. The molecule has 3 rings (SSSR count). The summed E-state index contributed by atoms with van der Waals surface area (Å²) in [4.78, 5) is 12.5. The summed E-state index contributed by atoms with van der Waals surface area (Å²) in [7, 11) is 0. The first-order valence-electron chi connectivity index (χ1n) is 6.88. The van der Waals surface area contributed by atoms with Gasteiger partial charge in [-0.2, -0.15) is 0 Å². The van der Waals surface area contributed by atoms with E-state index in [1.807, 2.05) is 0 Å². The average molecular weight is 265 g/mol. The fraction of sp³-hybridized carbons (Fsp3) is 0.533. The highest BCUT2D eigenvalue weighted by Gasteiger charge is 2.45. The van der Waals surface area contributed by atoms with Gasteiger partial charge >= 0.3 is 0 Å². The molecule has 1 aromatic rings. The Hall–Kier alpha value is -1.45. The molecule has 1 aromatic carbocycles. The van der Waals surface area contributed by atoms with Gasteiger partial charge in [-0.05, 0) is 31.7 Å². The molecular weight excluding hydrogens is 248 g/mol. The lowest BCUT2D eigenvalue weighted by molar-refractivity contribution is -0.126. The van der Waals surface area contributed by atoms with Crippen LogP contribution in [0.4, 0.5) is 8.78 Å². The highest BCUT2D eigenvalue weighted by Crippen LogP contribution is 2.43. The van der Waals surface area contributed by atoms with Crippen LogP contribution in [-0.2, 0) is 10.2 Å². The molecule has 19 heavy (non-hydrogen) atoms. The molecule has 0 bridgehead atoms. The molecule has 0 heterocycles. The van der Waals surface area contributed by atoms with Crippen molar-refractivity contribution in [1.82, 2.24) is 5.32 Å². The third-order valence-electron chi connectivity index (χ3n) is 4.25. The summed E-state index contributed by atoms with van der Waals surface area (Å²) in [5.41, 5.74) is -0.440. The standard InChI is InChI=1S/C15H17F2NO/c16-10-3-6-12(13(17)9-10)15(7-1-2-8-15)14(19)18-11-4-5-11/h3,6,9,11H,1-2,4-5,7-8H2,(H,18,19). The van der Waals surface area contributed by atoms with E-state index in [1.54, 1.807) is 0 Å². The minimum absolute atomic E-state index is 0.0852. The molecule has 0 aliphatic heterocycles. The second-order valence-corrected chi connectivity index (χ2v) is 5.66. The molecule has 4 heteroatoms. The Bertz CT molecular complexity index is 505. The molecule has 2 nitrogen and oxygen atoms in total. The van der Waals surface area contributed by atoms with Crippen molar-refractivity contribution in [3.8, 4) is 0 Å². The zero-order valence-electron chi connectivity index (χ0n) is 10.7. The maximum atomic E-state index is 14.0. The molecule has 2 aliphatic carbocycles. The van der Waals surface area contributed by atoms with Crippen molar-refractivity contribution in [3.05, 3.63) is 35.4 Å². The fourth-order valence-electron chi connectivity index (χ4n) is 3.03. The zero-order chi connectivity index (χ0) is 13.5. The van der Waals surface area contributed by atoms with Crippen LogP contribution in [0.1, 0.15) is 44.1 Å². The monoisotopic (exact) mass is 265 g/mol. The SMILES string of the molecule is O=C(NC1CC1)C1(c2ccc(F)cc2F)CCCC1. The molecule has 0 atom stereocenters. The Morgan fingerprint density at radius 3 is 2.47 bits per heavy atom. The maximum absolute atomic E-state index is 14.0. The maximum Gasteiger partial charge on any atom is 0.230 e. The summed E-state index contributed by atoms with van der Waals surface area (Å²) in [6.45, 7) is 0.